The molecule has 2 heterocycles. The van der Waals surface area contributed by atoms with Gasteiger partial charge in [0.25, 0.3) is 0 Å². The van der Waals surface area contributed by atoms with Crippen LogP contribution in [0.5, 0.6) is 0 Å². The first kappa shape index (κ1) is 23.9. The molecule has 0 bridgehead atoms. The Balaban J connectivity index is 0.000000941. The average molecular weight is 403 g/mol. The largest absolute Gasteiger partial charge is 0.516 e. The van der Waals surface area contributed by atoms with Crippen LogP contribution >= 0.6 is 0 Å². The summed E-state index contributed by atoms with van der Waals surface area (Å²) < 4.78 is 18.4. The number of morpholine rings is 1. The summed E-state index contributed by atoms with van der Waals surface area (Å²) in [4.78, 5) is 2.54. The van der Waals surface area contributed by atoms with Crippen LogP contribution in [0, 0.1) is 6.92 Å². The minimum atomic E-state index is -0.328. The molecule has 0 aromatic heterocycles. The first-order valence-corrected chi connectivity index (χ1v) is 10.4. The molecule has 1 atom stereocenters. The lowest BCUT2D eigenvalue weighted by Gasteiger charge is -2.44. The molecule has 1 aromatic rings. The number of hydrogen-bond acceptors (Lipinski definition) is 5. The van der Waals surface area contributed by atoms with Gasteiger partial charge in [0, 0.05) is 12.1 Å². The van der Waals surface area contributed by atoms with Gasteiger partial charge >= 0.3 is 7.12 Å². The van der Waals surface area contributed by atoms with Gasteiger partial charge in [0.05, 0.1) is 36.7 Å². The van der Waals surface area contributed by atoms with E-state index in [1.54, 1.807) is 0 Å². The van der Waals surface area contributed by atoms with Crippen molar-refractivity contribution in [3.63, 3.8) is 0 Å². The third-order valence-corrected chi connectivity index (χ3v) is 6.02. The van der Waals surface area contributed by atoms with E-state index >= 15 is 0 Å². The molecule has 0 saturated carbocycles. The van der Waals surface area contributed by atoms with Gasteiger partial charge in [-0.3, -0.25) is 4.90 Å². The maximum Gasteiger partial charge on any atom is 0.494 e. The molecule has 0 radical (unpaired) electrons. The molecule has 162 valence electrons. The van der Waals surface area contributed by atoms with Crippen molar-refractivity contribution in [1.82, 2.24) is 4.90 Å². The molecule has 29 heavy (non-hydrogen) atoms. The molecule has 5 nitrogen and oxygen atoms in total. The Labute approximate surface area is 177 Å². The molecule has 2 saturated heterocycles. The molecule has 0 spiro atoms. The van der Waals surface area contributed by atoms with Crippen molar-refractivity contribution in [2.75, 3.05) is 19.8 Å². The van der Waals surface area contributed by atoms with Gasteiger partial charge in [-0.2, -0.15) is 0 Å². The van der Waals surface area contributed by atoms with Gasteiger partial charge < -0.3 is 19.2 Å². The smallest absolute Gasteiger partial charge is 0.494 e. The Morgan fingerprint density at radius 3 is 2.21 bits per heavy atom. The van der Waals surface area contributed by atoms with Gasteiger partial charge in [-0.05, 0) is 66.4 Å². The normalized spacial score (nSPS) is 24.0. The quantitative estimate of drug-likeness (QED) is 0.594. The summed E-state index contributed by atoms with van der Waals surface area (Å²) in [7, 11) is -0.328. The first-order valence-electron chi connectivity index (χ1n) is 10.4. The zero-order valence-electron chi connectivity index (χ0n) is 19.4. The number of aryl methyl sites for hydroxylation is 1. The highest BCUT2D eigenvalue weighted by Crippen LogP contribution is 2.37. The molecule has 2 aliphatic heterocycles. The first-order chi connectivity index (χ1) is 13.3. The molecule has 1 N–H and O–H groups in total. The van der Waals surface area contributed by atoms with E-state index in [4.69, 9.17) is 19.2 Å². The summed E-state index contributed by atoms with van der Waals surface area (Å²) >= 11 is 0. The van der Waals surface area contributed by atoms with Crippen LogP contribution in [0.2, 0.25) is 0 Å². The number of ether oxygens (including phenoxy) is 1. The molecular formula is C23H38BNO4. The lowest BCUT2D eigenvalue weighted by atomic mass is 9.76. The number of benzene rings is 1. The van der Waals surface area contributed by atoms with E-state index in [-0.39, 0.29) is 29.9 Å². The van der Waals surface area contributed by atoms with E-state index in [1.807, 2.05) is 0 Å². The van der Waals surface area contributed by atoms with Gasteiger partial charge in [0.2, 0.25) is 0 Å². The number of rotatable bonds is 2. The predicted molar refractivity (Wildman–Crippen MR) is 120 cm³/mol. The van der Waals surface area contributed by atoms with E-state index in [0.717, 1.165) is 31.5 Å². The third kappa shape index (κ3) is 5.43. The number of aliphatic hydroxyl groups excluding tert-OH is 1. The average Bonchev–Trinajstić information content (AvgIpc) is 2.82. The highest BCUT2D eigenvalue weighted by Gasteiger charge is 2.51. The van der Waals surface area contributed by atoms with Crippen LogP contribution in [0.4, 0.5) is 0 Å². The second kappa shape index (κ2) is 8.80. The topological polar surface area (TPSA) is 51.2 Å². The van der Waals surface area contributed by atoms with Gasteiger partial charge in [-0.15, -0.1) is 0 Å². The summed E-state index contributed by atoms with van der Waals surface area (Å²) in [6.45, 7) is 22.7. The van der Waals surface area contributed by atoms with Crippen LogP contribution < -0.4 is 5.46 Å². The standard InChI is InChI=1S/C21H34BNO3.C2H4O/c1-15-11-16(18-14-24-10-9-23(18)19(2,3)4)13-17(12-15)22-25-20(5,6)21(7,8)26-22;1-2-3/h11-13,18H,9-10,14H2,1-8H3;2-3H,1H2/t18-;/m0./s1. The molecule has 3 rings (SSSR count). The molecule has 0 unspecified atom stereocenters. The fraction of sp³-hybridized carbons (Fsp3) is 0.652. The van der Waals surface area contributed by atoms with Crippen LogP contribution in [0.1, 0.15) is 65.6 Å². The summed E-state index contributed by atoms with van der Waals surface area (Å²) in [5.41, 5.74) is 3.05. The number of hydrogen-bond donors (Lipinski definition) is 1. The molecule has 6 heteroatoms. The van der Waals surface area contributed by atoms with E-state index in [0.29, 0.717) is 0 Å². The fourth-order valence-electron chi connectivity index (χ4n) is 3.83. The van der Waals surface area contributed by atoms with Gasteiger partial charge in [0.1, 0.15) is 0 Å². The second-order valence-corrected chi connectivity index (χ2v) is 9.90. The van der Waals surface area contributed by atoms with E-state index < -0.39 is 0 Å². The maximum absolute atomic E-state index is 7.33. The van der Waals surface area contributed by atoms with Gasteiger partial charge in [-0.1, -0.05) is 30.3 Å². The van der Waals surface area contributed by atoms with Crippen LogP contribution in [-0.2, 0) is 14.0 Å². The number of aliphatic hydroxyl groups is 1. The highest BCUT2D eigenvalue weighted by atomic mass is 16.7. The second-order valence-electron chi connectivity index (χ2n) is 9.90. The van der Waals surface area contributed by atoms with Crippen LogP contribution in [0.25, 0.3) is 0 Å². The minimum absolute atomic E-state index is 0.0999. The van der Waals surface area contributed by atoms with Gasteiger partial charge in [0.15, 0.2) is 0 Å². The van der Waals surface area contributed by atoms with Crippen molar-refractivity contribution in [3.8, 4) is 0 Å². The molecule has 1 aromatic carbocycles. The SMILES string of the molecule is C=CO.Cc1cc(B2OC(C)(C)C(C)(C)O2)cc([C@@H]2COCCN2C(C)(C)C)c1. The Bertz CT molecular complexity index is 695. The summed E-state index contributed by atoms with van der Waals surface area (Å²) in [6.07, 6.45) is 0.750. The zero-order chi connectivity index (χ0) is 22.0. The van der Waals surface area contributed by atoms with Crippen molar-refractivity contribution in [2.45, 2.75) is 78.2 Å². The van der Waals surface area contributed by atoms with E-state index in [9.17, 15) is 0 Å². The van der Waals surface area contributed by atoms with Crippen LogP contribution in [0.15, 0.2) is 31.0 Å². The van der Waals surface area contributed by atoms with E-state index in [1.165, 1.54) is 11.1 Å². The Morgan fingerprint density at radius 2 is 1.69 bits per heavy atom. The van der Waals surface area contributed by atoms with Crippen LogP contribution in [-0.4, -0.2) is 53.6 Å². The monoisotopic (exact) mass is 403 g/mol. The highest BCUT2D eigenvalue weighted by molar-refractivity contribution is 6.62. The van der Waals surface area contributed by atoms with E-state index in [2.05, 4.69) is 85.1 Å². The predicted octanol–water partition coefficient (Wildman–Crippen LogP) is 4.15. The van der Waals surface area contributed by atoms with Crippen molar-refractivity contribution >= 4 is 12.6 Å². The molecular weight excluding hydrogens is 365 g/mol. The summed E-state index contributed by atoms with van der Waals surface area (Å²) in [5, 5.41) is 7.33. The summed E-state index contributed by atoms with van der Waals surface area (Å²) in [6, 6.07) is 6.95. The van der Waals surface area contributed by atoms with Crippen LogP contribution in [0.3, 0.4) is 0 Å². The minimum Gasteiger partial charge on any atom is -0.516 e. The Kier molecular flexibility index (Phi) is 7.27. The summed E-state index contributed by atoms with van der Waals surface area (Å²) in [5.74, 6) is 0. The van der Waals surface area contributed by atoms with Gasteiger partial charge in [-0.25, -0.2) is 0 Å². The molecule has 2 fully saturated rings. The Hall–Kier alpha value is -1.34. The molecule has 0 aliphatic carbocycles. The van der Waals surface area contributed by atoms with Crippen molar-refractivity contribution in [1.29, 1.82) is 0 Å². The van der Waals surface area contributed by atoms with Crippen molar-refractivity contribution in [3.05, 3.63) is 42.2 Å². The number of nitrogens with zero attached hydrogens (tertiary/aromatic N) is 1. The Morgan fingerprint density at radius 1 is 1.14 bits per heavy atom. The maximum atomic E-state index is 7.33. The fourth-order valence-corrected chi connectivity index (χ4v) is 3.83. The molecule has 2 aliphatic rings. The van der Waals surface area contributed by atoms with Crippen molar-refractivity contribution < 1.29 is 19.2 Å². The lowest BCUT2D eigenvalue weighted by molar-refractivity contribution is -0.0506. The van der Waals surface area contributed by atoms with Crippen molar-refractivity contribution in [2.24, 2.45) is 0 Å². The molecule has 0 amide bonds. The zero-order valence-corrected chi connectivity index (χ0v) is 19.4. The third-order valence-electron chi connectivity index (χ3n) is 6.02. The lowest BCUT2D eigenvalue weighted by Crippen LogP contribution is -2.50.